The van der Waals surface area contributed by atoms with Gasteiger partial charge in [-0.25, -0.2) is 4.79 Å². The van der Waals surface area contributed by atoms with Crippen molar-refractivity contribution in [1.82, 2.24) is 10.6 Å². The number of amides is 2. The fourth-order valence-corrected chi connectivity index (χ4v) is 1.65. The number of urea groups is 1. The van der Waals surface area contributed by atoms with Crippen LogP contribution in [-0.4, -0.2) is 12.6 Å². The Morgan fingerprint density at radius 1 is 1.25 bits per heavy atom. The van der Waals surface area contributed by atoms with Crippen LogP contribution in [0.2, 0.25) is 0 Å². The summed E-state index contributed by atoms with van der Waals surface area (Å²) in [5.41, 5.74) is 1.14. The van der Waals surface area contributed by atoms with Crippen molar-refractivity contribution < 1.29 is 4.79 Å². The first kappa shape index (κ1) is 12.6. The normalized spacial score (nSPS) is 12.2. The molecule has 0 aliphatic rings. The highest BCUT2D eigenvalue weighted by Crippen LogP contribution is 2.20. The Hall–Kier alpha value is -1.51. The molecule has 0 spiro atoms. The summed E-state index contributed by atoms with van der Waals surface area (Å²) in [5.74, 6) is 0.366. The van der Waals surface area contributed by atoms with Gasteiger partial charge in [-0.15, -0.1) is 0 Å². The van der Waals surface area contributed by atoms with Gasteiger partial charge < -0.3 is 10.6 Å². The molecule has 1 rings (SSSR count). The third-order valence-electron chi connectivity index (χ3n) is 2.45. The molecule has 0 unspecified atom stereocenters. The summed E-state index contributed by atoms with van der Waals surface area (Å²) < 4.78 is 0. The molecule has 3 nitrogen and oxygen atoms in total. The van der Waals surface area contributed by atoms with Gasteiger partial charge in [0.25, 0.3) is 0 Å². The summed E-state index contributed by atoms with van der Waals surface area (Å²) >= 11 is 0. The van der Waals surface area contributed by atoms with E-state index in [-0.39, 0.29) is 12.1 Å². The van der Waals surface area contributed by atoms with Gasteiger partial charge in [0.1, 0.15) is 0 Å². The number of hydrogen-bond acceptors (Lipinski definition) is 1. The third-order valence-corrected chi connectivity index (χ3v) is 2.45. The molecule has 1 aromatic rings. The Morgan fingerprint density at radius 2 is 1.88 bits per heavy atom. The van der Waals surface area contributed by atoms with Crippen molar-refractivity contribution in [1.29, 1.82) is 0 Å². The van der Waals surface area contributed by atoms with Crippen LogP contribution < -0.4 is 10.6 Å². The monoisotopic (exact) mass is 220 g/mol. The van der Waals surface area contributed by atoms with Crippen molar-refractivity contribution in [2.24, 2.45) is 5.92 Å². The van der Waals surface area contributed by atoms with Crippen molar-refractivity contribution in [3.63, 3.8) is 0 Å². The smallest absolute Gasteiger partial charge is 0.315 e. The first-order chi connectivity index (χ1) is 7.65. The van der Waals surface area contributed by atoms with Gasteiger partial charge >= 0.3 is 6.03 Å². The molecule has 0 radical (unpaired) electrons. The molecule has 1 atom stereocenters. The van der Waals surface area contributed by atoms with Gasteiger partial charge in [-0.05, 0) is 18.4 Å². The average Bonchev–Trinajstić information content (AvgIpc) is 2.27. The zero-order valence-electron chi connectivity index (χ0n) is 10.2. The molecule has 2 amide bonds. The molecular formula is C13H20N2O. The van der Waals surface area contributed by atoms with Crippen LogP contribution in [0.3, 0.4) is 0 Å². The molecule has 0 aliphatic heterocycles. The Morgan fingerprint density at radius 3 is 2.38 bits per heavy atom. The number of benzene rings is 1. The lowest BCUT2D eigenvalue weighted by atomic mass is 9.96. The summed E-state index contributed by atoms with van der Waals surface area (Å²) in [5, 5.41) is 5.73. The molecular weight excluding hydrogens is 200 g/mol. The minimum Gasteiger partial charge on any atom is -0.338 e. The minimum absolute atomic E-state index is 0.0627. The zero-order chi connectivity index (χ0) is 12.0. The standard InChI is InChI=1S/C13H20N2O/c1-4-14-13(16)15-12(10(2)3)11-8-6-5-7-9-11/h5-10,12H,4H2,1-3H3,(H2,14,15,16)/t12-/m0/s1. The highest BCUT2D eigenvalue weighted by Gasteiger charge is 2.17. The largest absolute Gasteiger partial charge is 0.338 e. The Bertz CT molecular complexity index is 322. The van der Waals surface area contributed by atoms with Crippen molar-refractivity contribution in [2.45, 2.75) is 26.8 Å². The van der Waals surface area contributed by atoms with Crippen LogP contribution in [0.15, 0.2) is 30.3 Å². The Kier molecular flexibility index (Phi) is 4.83. The lowest BCUT2D eigenvalue weighted by Crippen LogP contribution is -2.39. The molecule has 0 heterocycles. The van der Waals surface area contributed by atoms with E-state index in [2.05, 4.69) is 24.5 Å². The quantitative estimate of drug-likeness (QED) is 0.804. The van der Waals surface area contributed by atoms with Crippen molar-refractivity contribution in [3.8, 4) is 0 Å². The van der Waals surface area contributed by atoms with Crippen LogP contribution >= 0.6 is 0 Å². The van der Waals surface area contributed by atoms with Crippen LogP contribution in [0.4, 0.5) is 4.79 Å². The molecule has 0 aliphatic carbocycles. The third kappa shape index (κ3) is 3.57. The van der Waals surface area contributed by atoms with Gasteiger partial charge in [0, 0.05) is 6.54 Å². The summed E-state index contributed by atoms with van der Waals surface area (Å²) in [6.07, 6.45) is 0. The van der Waals surface area contributed by atoms with E-state index in [1.54, 1.807) is 0 Å². The van der Waals surface area contributed by atoms with Crippen LogP contribution in [0, 0.1) is 5.92 Å². The van der Waals surface area contributed by atoms with Gasteiger partial charge in [0.05, 0.1) is 6.04 Å². The summed E-state index contributed by atoms with van der Waals surface area (Å²) in [4.78, 5) is 11.5. The first-order valence-electron chi connectivity index (χ1n) is 5.74. The number of nitrogens with one attached hydrogen (secondary N) is 2. The van der Waals surface area contributed by atoms with Crippen molar-refractivity contribution in [3.05, 3.63) is 35.9 Å². The second-order valence-electron chi connectivity index (χ2n) is 4.14. The Balaban J connectivity index is 2.73. The summed E-state index contributed by atoms with van der Waals surface area (Å²) in [7, 11) is 0. The molecule has 0 aromatic heterocycles. The molecule has 0 bridgehead atoms. The second-order valence-corrected chi connectivity index (χ2v) is 4.14. The van der Waals surface area contributed by atoms with E-state index in [0.29, 0.717) is 12.5 Å². The maximum atomic E-state index is 11.5. The van der Waals surface area contributed by atoms with E-state index in [0.717, 1.165) is 5.56 Å². The molecule has 0 saturated carbocycles. The second kappa shape index (κ2) is 6.16. The van der Waals surface area contributed by atoms with Crippen molar-refractivity contribution in [2.75, 3.05) is 6.54 Å². The van der Waals surface area contributed by atoms with E-state index in [1.165, 1.54) is 0 Å². The number of carbonyl (C=O) groups is 1. The zero-order valence-corrected chi connectivity index (χ0v) is 10.2. The maximum absolute atomic E-state index is 11.5. The summed E-state index contributed by atoms with van der Waals surface area (Å²) in [6.45, 7) is 6.76. The van der Waals surface area contributed by atoms with Crippen LogP contribution in [0.25, 0.3) is 0 Å². The summed E-state index contributed by atoms with van der Waals surface area (Å²) in [6, 6.07) is 9.99. The Labute approximate surface area is 97.2 Å². The number of carbonyl (C=O) groups excluding carboxylic acids is 1. The lowest BCUT2D eigenvalue weighted by molar-refractivity contribution is 0.233. The topological polar surface area (TPSA) is 41.1 Å². The van der Waals surface area contributed by atoms with E-state index in [9.17, 15) is 4.79 Å². The fourth-order valence-electron chi connectivity index (χ4n) is 1.65. The number of hydrogen-bond donors (Lipinski definition) is 2. The van der Waals surface area contributed by atoms with E-state index < -0.39 is 0 Å². The van der Waals surface area contributed by atoms with Gasteiger partial charge in [0.2, 0.25) is 0 Å². The van der Waals surface area contributed by atoms with Crippen LogP contribution in [-0.2, 0) is 0 Å². The van der Waals surface area contributed by atoms with Gasteiger partial charge in [-0.1, -0.05) is 44.2 Å². The maximum Gasteiger partial charge on any atom is 0.315 e. The molecule has 2 N–H and O–H groups in total. The van der Waals surface area contributed by atoms with E-state index >= 15 is 0 Å². The average molecular weight is 220 g/mol. The molecule has 88 valence electrons. The highest BCUT2D eigenvalue weighted by atomic mass is 16.2. The molecule has 3 heteroatoms. The van der Waals surface area contributed by atoms with Gasteiger partial charge in [-0.2, -0.15) is 0 Å². The van der Waals surface area contributed by atoms with Crippen LogP contribution in [0.1, 0.15) is 32.4 Å². The van der Waals surface area contributed by atoms with E-state index in [1.807, 2.05) is 37.3 Å². The van der Waals surface area contributed by atoms with E-state index in [4.69, 9.17) is 0 Å². The van der Waals surface area contributed by atoms with Crippen molar-refractivity contribution >= 4 is 6.03 Å². The fraction of sp³-hybridized carbons (Fsp3) is 0.462. The van der Waals surface area contributed by atoms with Crippen LogP contribution in [0.5, 0.6) is 0 Å². The molecule has 0 saturated heterocycles. The lowest BCUT2D eigenvalue weighted by Gasteiger charge is -2.22. The highest BCUT2D eigenvalue weighted by molar-refractivity contribution is 5.74. The predicted molar refractivity (Wildman–Crippen MR) is 66.2 cm³/mol. The first-order valence-corrected chi connectivity index (χ1v) is 5.74. The molecule has 1 aromatic carbocycles. The minimum atomic E-state index is -0.106. The molecule has 16 heavy (non-hydrogen) atoms. The number of rotatable bonds is 4. The van der Waals surface area contributed by atoms with Gasteiger partial charge in [0.15, 0.2) is 0 Å². The van der Waals surface area contributed by atoms with Gasteiger partial charge in [-0.3, -0.25) is 0 Å². The SMILES string of the molecule is CCNC(=O)N[C@H](c1ccccc1)C(C)C. The molecule has 0 fully saturated rings. The predicted octanol–water partition coefficient (Wildman–Crippen LogP) is 2.70.